The van der Waals surface area contributed by atoms with Crippen molar-refractivity contribution in [2.75, 3.05) is 14.2 Å². The summed E-state index contributed by atoms with van der Waals surface area (Å²) in [5.41, 5.74) is 3.84. The lowest BCUT2D eigenvalue weighted by Crippen LogP contribution is -2.17. The number of methoxy groups -OCH3 is 2. The molecule has 0 atom stereocenters. The van der Waals surface area contributed by atoms with Crippen molar-refractivity contribution in [2.45, 2.75) is 0 Å². The first-order valence-electron chi connectivity index (χ1n) is 10.5. The van der Waals surface area contributed by atoms with Gasteiger partial charge in [-0.2, -0.15) is 5.10 Å². The van der Waals surface area contributed by atoms with Crippen LogP contribution < -0.4 is 19.6 Å². The largest absolute Gasteiger partial charge is 0.497 e. The summed E-state index contributed by atoms with van der Waals surface area (Å²) >= 11 is 6.36. The number of halogens is 1. The van der Waals surface area contributed by atoms with Gasteiger partial charge in [0.2, 0.25) is 0 Å². The molecule has 35 heavy (non-hydrogen) atoms. The van der Waals surface area contributed by atoms with E-state index >= 15 is 0 Å². The summed E-state index contributed by atoms with van der Waals surface area (Å²) in [6.45, 7) is 0. The first-order valence-corrected chi connectivity index (χ1v) is 10.9. The van der Waals surface area contributed by atoms with Crippen molar-refractivity contribution >= 4 is 40.5 Å². The number of benzene rings is 4. The fourth-order valence-electron chi connectivity index (χ4n) is 3.35. The summed E-state index contributed by atoms with van der Waals surface area (Å²) in [4.78, 5) is 25.0. The minimum atomic E-state index is -0.600. The van der Waals surface area contributed by atoms with Crippen molar-refractivity contribution < 1.29 is 23.8 Å². The Morgan fingerprint density at radius 3 is 2.29 bits per heavy atom. The van der Waals surface area contributed by atoms with Gasteiger partial charge >= 0.3 is 5.97 Å². The monoisotopic (exact) mass is 488 g/mol. The van der Waals surface area contributed by atoms with Crippen LogP contribution in [-0.4, -0.2) is 32.3 Å². The number of esters is 1. The number of amides is 1. The molecule has 4 aromatic carbocycles. The van der Waals surface area contributed by atoms with Gasteiger partial charge in [-0.3, -0.25) is 4.79 Å². The maximum Gasteiger partial charge on any atom is 0.343 e. The normalized spacial score (nSPS) is 10.8. The molecule has 1 amide bonds. The summed E-state index contributed by atoms with van der Waals surface area (Å²) in [7, 11) is 2.97. The highest BCUT2D eigenvalue weighted by Crippen LogP contribution is 2.36. The zero-order chi connectivity index (χ0) is 24.8. The second-order valence-electron chi connectivity index (χ2n) is 7.41. The third-order valence-electron chi connectivity index (χ3n) is 5.16. The van der Waals surface area contributed by atoms with Gasteiger partial charge in [0.1, 0.15) is 5.75 Å². The molecular formula is C27H21ClN2O5. The molecule has 7 nitrogen and oxygen atoms in total. The summed E-state index contributed by atoms with van der Waals surface area (Å²) in [5, 5.41) is 6.16. The standard InChI is InChI=1S/C27H21ClN2O5/c1-33-22-11-9-19(10-12-22)27(32)35-25-23(28)13-17(14-24(25)34-2)16-29-30-26(31)21-8-7-18-5-3-4-6-20(18)15-21/h3-16H,1-2H3,(H,30,31)/b29-16-. The molecule has 0 fully saturated rings. The van der Waals surface area contributed by atoms with E-state index in [1.54, 1.807) is 48.5 Å². The Balaban J connectivity index is 1.46. The van der Waals surface area contributed by atoms with E-state index in [2.05, 4.69) is 10.5 Å². The number of nitrogens with zero attached hydrogens (tertiary/aromatic N) is 1. The Bertz CT molecular complexity index is 1420. The topological polar surface area (TPSA) is 86.2 Å². The summed E-state index contributed by atoms with van der Waals surface area (Å²) in [6, 6.07) is 22.8. The number of rotatable bonds is 7. The van der Waals surface area contributed by atoms with E-state index in [0.29, 0.717) is 22.4 Å². The third-order valence-corrected chi connectivity index (χ3v) is 5.44. The lowest BCUT2D eigenvalue weighted by molar-refractivity contribution is 0.0729. The quantitative estimate of drug-likeness (QED) is 0.161. The van der Waals surface area contributed by atoms with Crippen LogP contribution >= 0.6 is 11.6 Å². The van der Waals surface area contributed by atoms with Crippen molar-refractivity contribution in [3.8, 4) is 17.2 Å². The van der Waals surface area contributed by atoms with E-state index < -0.39 is 5.97 Å². The van der Waals surface area contributed by atoms with E-state index in [4.69, 9.17) is 25.8 Å². The number of carbonyl (C=O) groups is 2. The average molecular weight is 489 g/mol. The van der Waals surface area contributed by atoms with Gasteiger partial charge in [-0.05, 0) is 64.9 Å². The molecule has 8 heteroatoms. The number of hydrogen-bond donors (Lipinski definition) is 1. The van der Waals surface area contributed by atoms with E-state index in [-0.39, 0.29) is 22.4 Å². The molecule has 0 aliphatic heterocycles. The Morgan fingerprint density at radius 1 is 0.857 bits per heavy atom. The molecular weight excluding hydrogens is 468 g/mol. The number of nitrogens with one attached hydrogen (secondary N) is 1. The molecule has 176 valence electrons. The van der Waals surface area contributed by atoms with Crippen LogP contribution in [0, 0.1) is 0 Å². The maximum atomic E-state index is 12.5. The van der Waals surface area contributed by atoms with Gasteiger partial charge < -0.3 is 14.2 Å². The third kappa shape index (κ3) is 5.59. The Labute approximate surface area is 206 Å². The summed E-state index contributed by atoms with van der Waals surface area (Å²) in [5.74, 6) is -0.0189. The van der Waals surface area contributed by atoms with Crippen LogP contribution in [0.15, 0.2) is 84.0 Å². The van der Waals surface area contributed by atoms with Crippen LogP contribution in [0.2, 0.25) is 5.02 Å². The number of hydrazone groups is 1. The molecule has 0 bridgehead atoms. The molecule has 0 aliphatic rings. The summed E-state index contributed by atoms with van der Waals surface area (Å²) < 4.78 is 15.9. The fourth-order valence-corrected chi connectivity index (χ4v) is 3.61. The molecule has 0 aliphatic carbocycles. The van der Waals surface area contributed by atoms with Crippen molar-refractivity contribution in [1.82, 2.24) is 5.43 Å². The van der Waals surface area contributed by atoms with Crippen LogP contribution in [0.5, 0.6) is 17.2 Å². The number of hydrogen-bond acceptors (Lipinski definition) is 6. The molecule has 0 aromatic heterocycles. The minimum absolute atomic E-state index is 0.0762. The van der Waals surface area contributed by atoms with Crippen LogP contribution in [-0.2, 0) is 0 Å². The molecule has 0 radical (unpaired) electrons. The molecule has 0 spiro atoms. The first-order chi connectivity index (χ1) is 17.0. The van der Waals surface area contributed by atoms with E-state index in [9.17, 15) is 9.59 Å². The fraction of sp³-hybridized carbons (Fsp3) is 0.0741. The smallest absolute Gasteiger partial charge is 0.343 e. The molecule has 0 unspecified atom stereocenters. The van der Waals surface area contributed by atoms with Gasteiger partial charge in [-0.25, -0.2) is 10.2 Å². The van der Waals surface area contributed by atoms with Crippen molar-refractivity contribution in [2.24, 2.45) is 5.10 Å². The lowest BCUT2D eigenvalue weighted by atomic mass is 10.1. The van der Waals surface area contributed by atoms with Gasteiger partial charge in [0, 0.05) is 5.56 Å². The Kier molecular flexibility index (Phi) is 7.28. The minimum Gasteiger partial charge on any atom is -0.497 e. The molecule has 4 aromatic rings. The number of fused-ring (bicyclic) bond motifs is 1. The Hall–Kier alpha value is -4.36. The van der Waals surface area contributed by atoms with Gasteiger partial charge in [0.25, 0.3) is 5.91 Å². The van der Waals surface area contributed by atoms with E-state index in [1.165, 1.54) is 20.4 Å². The highest BCUT2D eigenvalue weighted by Gasteiger charge is 2.17. The van der Waals surface area contributed by atoms with Crippen LogP contribution in [0.3, 0.4) is 0 Å². The highest BCUT2D eigenvalue weighted by molar-refractivity contribution is 6.32. The molecule has 0 saturated carbocycles. The van der Waals surface area contributed by atoms with Crippen LogP contribution in [0.25, 0.3) is 10.8 Å². The lowest BCUT2D eigenvalue weighted by Gasteiger charge is -2.12. The SMILES string of the molecule is COc1ccc(C(=O)Oc2c(Cl)cc(/C=N\NC(=O)c3ccc4ccccc4c3)cc2OC)cc1. The average Bonchev–Trinajstić information content (AvgIpc) is 2.89. The molecule has 4 rings (SSSR count). The number of carbonyl (C=O) groups excluding carboxylic acids is 2. The second kappa shape index (κ2) is 10.7. The predicted octanol–water partition coefficient (Wildman–Crippen LogP) is 5.49. The van der Waals surface area contributed by atoms with Crippen LogP contribution in [0.4, 0.5) is 0 Å². The predicted molar refractivity (Wildman–Crippen MR) is 135 cm³/mol. The zero-order valence-corrected chi connectivity index (χ0v) is 19.7. The maximum absolute atomic E-state index is 12.5. The van der Waals surface area contributed by atoms with Gasteiger partial charge in [0.15, 0.2) is 11.5 Å². The van der Waals surface area contributed by atoms with Gasteiger partial charge in [-0.1, -0.05) is 41.9 Å². The van der Waals surface area contributed by atoms with Crippen molar-refractivity contribution in [3.63, 3.8) is 0 Å². The molecule has 0 heterocycles. The van der Waals surface area contributed by atoms with Crippen molar-refractivity contribution in [1.29, 1.82) is 0 Å². The zero-order valence-electron chi connectivity index (χ0n) is 18.9. The van der Waals surface area contributed by atoms with E-state index in [0.717, 1.165) is 10.8 Å². The molecule has 1 N–H and O–H groups in total. The van der Waals surface area contributed by atoms with Crippen molar-refractivity contribution in [3.05, 3.63) is 101 Å². The van der Waals surface area contributed by atoms with E-state index in [1.807, 2.05) is 30.3 Å². The van der Waals surface area contributed by atoms with Gasteiger partial charge in [0.05, 0.1) is 31.0 Å². The number of ether oxygens (including phenoxy) is 3. The Morgan fingerprint density at radius 2 is 1.57 bits per heavy atom. The summed E-state index contributed by atoms with van der Waals surface area (Å²) in [6.07, 6.45) is 1.42. The highest BCUT2D eigenvalue weighted by atomic mass is 35.5. The first kappa shape index (κ1) is 23.8. The van der Waals surface area contributed by atoms with Crippen LogP contribution in [0.1, 0.15) is 26.3 Å². The molecule has 0 saturated heterocycles. The second-order valence-corrected chi connectivity index (χ2v) is 7.82. The van der Waals surface area contributed by atoms with Gasteiger partial charge in [-0.15, -0.1) is 0 Å².